The first-order valence-electron chi connectivity index (χ1n) is 4.45. The number of rotatable bonds is 0. The molecule has 3 rings (SSSR count). The van der Waals surface area contributed by atoms with Gasteiger partial charge >= 0.3 is 0 Å². The summed E-state index contributed by atoms with van der Waals surface area (Å²) in [4.78, 5) is 25.3. The molecule has 0 bridgehead atoms. The molecule has 0 aromatic carbocycles. The van der Waals surface area contributed by atoms with Gasteiger partial charge in [-0.25, -0.2) is 9.97 Å². The van der Waals surface area contributed by atoms with Crippen molar-refractivity contribution in [3.8, 4) is 0 Å². The number of aromatic nitrogens is 2. The second-order valence-corrected chi connectivity index (χ2v) is 3.20. The normalized spacial score (nSPS) is 22.0. The summed E-state index contributed by atoms with van der Waals surface area (Å²) in [5, 5.41) is 2.73. The largest absolute Gasteiger partial charge is 0.320 e. The highest BCUT2D eigenvalue weighted by Crippen LogP contribution is 2.29. The van der Waals surface area contributed by atoms with Crippen molar-refractivity contribution in [2.45, 2.75) is 6.04 Å². The molecule has 1 N–H and O–H groups in total. The van der Waals surface area contributed by atoms with Gasteiger partial charge in [-0.1, -0.05) is 0 Å². The topological polar surface area (TPSA) is 70.5 Å². The zero-order chi connectivity index (χ0) is 10.3. The third-order valence-corrected chi connectivity index (χ3v) is 2.30. The summed E-state index contributed by atoms with van der Waals surface area (Å²) < 4.78 is 0. The molecule has 1 amide bonds. The van der Waals surface area contributed by atoms with E-state index in [1.54, 1.807) is 29.7 Å². The molecule has 0 fully saturated rings. The number of amides is 1. The van der Waals surface area contributed by atoms with Crippen LogP contribution >= 0.6 is 0 Å². The summed E-state index contributed by atoms with van der Waals surface area (Å²) in [6.07, 6.45) is 7.97. The molecule has 15 heavy (non-hydrogen) atoms. The van der Waals surface area contributed by atoms with Gasteiger partial charge in [0.25, 0.3) is 5.91 Å². The van der Waals surface area contributed by atoms with Crippen LogP contribution in [0, 0.1) is 0 Å². The van der Waals surface area contributed by atoms with E-state index in [-0.39, 0.29) is 5.91 Å². The minimum absolute atomic E-state index is 0.120. The van der Waals surface area contributed by atoms with Crippen LogP contribution < -0.4 is 10.2 Å². The predicted octanol–water partition coefficient (Wildman–Crippen LogP) is 0.159. The average Bonchev–Trinajstić information content (AvgIpc) is 2.30. The Hall–Kier alpha value is -2.24. The lowest BCUT2D eigenvalue weighted by atomic mass is 10.2. The molecule has 1 aromatic heterocycles. The molecule has 0 aliphatic carbocycles. The SMILES string of the molecule is O=C1Nc2cncnc2N2C=CN=CC12. The molecular weight excluding hydrogens is 194 g/mol. The quantitative estimate of drug-likeness (QED) is 0.649. The Morgan fingerprint density at radius 2 is 2.40 bits per heavy atom. The van der Waals surface area contributed by atoms with Crippen LogP contribution in [0.25, 0.3) is 0 Å². The maximum Gasteiger partial charge on any atom is 0.253 e. The van der Waals surface area contributed by atoms with Gasteiger partial charge in [0.2, 0.25) is 0 Å². The van der Waals surface area contributed by atoms with Gasteiger partial charge in [-0.2, -0.15) is 0 Å². The lowest BCUT2D eigenvalue weighted by molar-refractivity contribution is -0.116. The van der Waals surface area contributed by atoms with E-state index in [1.807, 2.05) is 0 Å². The van der Waals surface area contributed by atoms with Crippen LogP contribution in [-0.2, 0) is 4.79 Å². The van der Waals surface area contributed by atoms with Gasteiger partial charge in [0.1, 0.15) is 18.1 Å². The minimum atomic E-state index is -0.405. The van der Waals surface area contributed by atoms with Crippen LogP contribution in [0.2, 0.25) is 0 Å². The predicted molar refractivity (Wildman–Crippen MR) is 54.6 cm³/mol. The number of anilines is 2. The molecule has 74 valence electrons. The van der Waals surface area contributed by atoms with Crippen molar-refractivity contribution >= 4 is 23.6 Å². The van der Waals surface area contributed by atoms with Gasteiger partial charge in [-0.3, -0.25) is 9.79 Å². The minimum Gasteiger partial charge on any atom is -0.320 e. The molecule has 2 aliphatic rings. The first kappa shape index (κ1) is 8.10. The highest BCUT2D eigenvalue weighted by atomic mass is 16.2. The summed E-state index contributed by atoms with van der Waals surface area (Å²) in [6, 6.07) is -0.405. The van der Waals surface area contributed by atoms with Crippen LogP contribution in [0.3, 0.4) is 0 Å². The van der Waals surface area contributed by atoms with E-state index >= 15 is 0 Å². The van der Waals surface area contributed by atoms with E-state index in [9.17, 15) is 4.79 Å². The van der Waals surface area contributed by atoms with Crippen molar-refractivity contribution in [3.63, 3.8) is 0 Å². The fraction of sp³-hybridized carbons (Fsp3) is 0.111. The third kappa shape index (κ3) is 1.11. The van der Waals surface area contributed by atoms with Crippen LogP contribution in [0.5, 0.6) is 0 Å². The number of hydrogen-bond donors (Lipinski definition) is 1. The van der Waals surface area contributed by atoms with Crippen molar-refractivity contribution in [1.82, 2.24) is 9.97 Å². The van der Waals surface area contributed by atoms with E-state index in [2.05, 4.69) is 20.3 Å². The molecule has 0 saturated carbocycles. The standard InChI is InChI=1S/C9H7N5O/c15-9-7-4-10-1-2-14(7)8-6(13-9)3-11-5-12-8/h1-5,7H,(H,13,15). The third-order valence-electron chi connectivity index (χ3n) is 2.30. The fourth-order valence-corrected chi connectivity index (χ4v) is 1.63. The molecule has 1 unspecified atom stereocenters. The fourth-order valence-electron chi connectivity index (χ4n) is 1.63. The van der Waals surface area contributed by atoms with Gasteiger partial charge in [0.15, 0.2) is 5.82 Å². The zero-order valence-corrected chi connectivity index (χ0v) is 7.66. The molecule has 0 radical (unpaired) electrons. The maximum absolute atomic E-state index is 11.7. The number of nitrogens with one attached hydrogen (secondary N) is 1. The highest BCUT2D eigenvalue weighted by Gasteiger charge is 2.32. The Kier molecular flexibility index (Phi) is 1.55. The van der Waals surface area contributed by atoms with Crippen LogP contribution in [0.4, 0.5) is 11.5 Å². The summed E-state index contributed by atoms with van der Waals surface area (Å²) in [5.41, 5.74) is 0.624. The van der Waals surface area contributed by atoms with E-state index in [0.29, 0.717) is 11.5 Å². The molecule has 3 heterocycles. The summed E-state index contributed by atoms with van der Waals surface area (Å²) in [6.45, 7) is 0. The molecule has 0 saturated heterocycles. The van der Waals surface area contributed by atoms with Crippen LogP contribution in [-0.4, -0.2) is 28.1 Å². The number of fused-ring (bicyclic) bond motifs is 3. The summed E-state index contributed by atoms with van der Waals surface area (Å²) in [7, 11) is 0. The Labute approximate surface area is 85.4 Å². The van der Waals surface area contributed by atoms with E-state index in [0.717, 1.165) is 0 Å². The van der Waals surface area contributed by atoms with Gasteiger partial charge in [-0.15, -0.1) is 0 Å². The van der Waals surface area contributed by atoms with Crippen LogP contribution in [0.15, 0.2) is 29.9 Å². The highest BCUT2D eigenvalue weighted by molar-refractivity contribution is 6.12. The Morgan fingerprint density at radius 1 is 1.47 bits per heavy atom. The Bertz CT molecular complexity index is 481. The number of carbonyl (C=O) groups excluding carboxylic acids is 1. The smallest absolute Gasteiger partial charge is 0.253 e. The van der Waals surface area contributed by atoms with Crippen molar-refractivity contribution in [2.24, 2.45) is 4.99 Å². The lowest BCUT2D eigenvalue weighted by Crippen LogP contribution is -2.47. The maximum atomic E-state index is 11.7. The first-order valence-corrected chi connectivity index (χ1v) is 4.45. The molecule has 1 atom stereocenters. The zero-order valence-electron chi connectivity index (χ0n) is 7.66. The van der Waals surface area contributed by atoms with Crippen molar-refractivity contribution in [3.05, 3.63) is 24.9 Å². The number of hydrogen-bond acceptors (Lipinski definition) is 5. The van der Waals surface area contributed by atoms with Crippen molar-refractivity contribution < 1.29 is 4.79 Å². The van der Waals surface area contributed by atoms with E-state index < -0.39 is 6.04 Å². The Morgan fingerprint density at radius 3 is 3.33 bits per heavy atom. The van der Waals surface area contributed by atoms with Gasteiger partial charge < -0.3 is 10.2 Å². The van der Waals surface area contributed by atoms with E-state index in [4.69, 9.17) is 0 Å². The van der Waals surface area contributed by atoms with Crippen molar-refractivity contribution in [1.29, 1.82) is 0 Å². The summed E-state index contributed by atoms with van der Waals surface area (Å²) >= 11 is 0. The molecule has 1 aromatic rings. The van der Waals surface area contributed by atoms with Gasteiger partial charge in [-0.05, 0) is 0 Å². The molecule has 2 aliphatic heterocycles. The van der Waals surface area contributed by atoms with Gasteiger partial charge in [0.05, 0.1) is 6.20 Å². The van der Waals surface area contributed by atoms with E-state index in [1.165, 1.54) is 6.33 Å². The average molecular weight is 201 g/mol. The number of aliphatic imine (C=N–C) groups is 1. The molecule has 6 heteroatoms. The Balaban J connectivity index is 2.15. The second-order valence-electron chi connectivity index (χ2n) is 3.20. The van der Waals surface area contributed by atoms with Gasteiger partial charge in [0, 0.05) is 18.6 Å². The number of nitrogens with zero attached hydrogens (tertiary/aromatic N) is 4. The molecule has 0 spiro atoms. The monoisotopic (exact) mass is 201 g/mol. The molecule has 6 nitrogen and oxygen atoms in total. The second kappa shape index (κ2) is 2.88. The lowest BCUT2D eigenvalue weighted by Gasteiger charge is -2.32. The van der Waals surface area contributed by atoms with Crippen LogP contribution in [0.1, 0.15) is 0 Å². The first-order chi connectivity index (χ1) is 7.36. The molecular formula is C9H7N5O. The number of carbonyl (C=O) groups is 1. The summed E-state index contributed by atoms with van der Waals surface area (Å²) in [5.74, 6) is 0.572. The van der Waals surface area contributed by atoms with Crippen molar-refractivity contribution in [2.75, 3.05) is 10.2 Å².